The minimum atomic E-state index is -0.376. The standard InChI is InChI=1S/C19H16N2O2/c22-19(23-18-9-5-2-6-10-18)15-11-13-17(14-12-15)21-20-16-7-3-1-4-8-16/h1-14,20-21H. The third-order valence-corrected chi connectivity index (χ3v) is 3.20. The summed E-state index contributed by atoms with van der Waals surface area (Å²) in [5, 5.41) is 0. The molecule has 0 atom stereocenters. The van der Waals surface area contributed by atoms with Gasteiger partial charge in [0, 0.05) is 0 Å². The molecular formula is C19H16N2O2. The number of esters is 1. The average molecular weight is 304 g/mol. The number of rotatable bonds is 5. The van der Waals surface area contributed by atoms with Crippen molar-refractivity contribution in [2.24, 2.45) is 0 Å². The summed E-state index contributed by atoms with van der Waals surface area (Å²) in [5.41, 5.74) is 8.47. The van der Waals surface area contributed by atoms with Gasteiger partial charge in [0.05, 0.1) is 16.9 Å². The molecule has 0 aliphatic rings. The van der Waals surface area contributed by atoms with Crippen molar-refractivity contribution >= 4 is 17.3 Å². The monoisotopic (exact) mass is 304 g/mol. The highest BCUT2D eigenvalue weighted by Crippen LogP contribution is 2.15. The first kappa shape index (κ1) is 14.7. The fourth-order valence-electron chi connectivity index (χ4n) is 2.01. The molecule has 0 aliphatic carbocycles. The van der Waals surface area contributed by atoms with E-state index in [2.05, 4.69) is 10.9 Å². The Labute approximate surface area is 134 Å². The van der Waals surface area contributed by atoms with Crippen molar-refractivity contribution in [1.29, 1.82) is 0 Å². The molecule has 2 N–H and O–H groups in total. The molecule has 0 heterocycles. The van der Waals surface area contributed by atoms with Crippen molar-refractivity contribution in [3.05, 3.63) is 90.5 Å². The van der Waals surface area contributed by atoms with E-state index in [1.165, 1.54) is 0 Å². The van der Waals surface area contributed by atoms with E-state index >= 15 is 0 Å². The first-order valence-corrected chi connectivity index (χ1v) is 7.26. The molecule has 0 spiro atoms. The third kappa shape index (κ3) is 4.11. The Hall–Kier alpha value is -3.27. The van der Waals surface area contributed by atoms with Crippen molar-refractivity contribution in [2.75, 3.05) is 10.9 Å². The van der Waals surface area contributed by atoms with Crippen LogP contribution in [0.25, 0.3) is 0 Å². The molecule has 0 amide bonds. The van der Waals surface area contributed by atoms with E-state index in [1.807, 2.05) is 60.7 Å². The zero-order valence-corrected chi connectivity index (χ0v) is 12.4. The van der Waals surface area contributed by atoms with Gasteiger partial charge in [0.1, 0.15) is 5.75 Å². The molecular weight excluding hydrogens is 288 g/mol. The summed E-state index contributed by atoms with van der Waals surface area (Å²) >= 11 is 0. The number of anilines is 2. The number of carbonyl (C=O) groups is 1. The van der Waals surface area contributed by atoms with Gasteiger partial charge >= 0.3 is 5.97 Å². The fraction of sp³-hybridized carbons (Fsp3) is 0. The lowest BCUT2D eigenvalue weighted by Gasteiger charge is -2.10. The minimum Gasteiger partial charge on any atom is -0.423 e. The van der Waals surface area contributed by atoms with E-state index in [9.17, 15) is 4.79 Å². The topological polar surface area (TPSA) is 50.4 Å². The molecule has 0 aromatic heterocycles. The maximum absolute atomic E-state index is 12.0. The van der Waals surface area contributed by atoms with Gasteiger partial charge < -0.3 is 15.6 Å². The normalized spacial score (nSPS) is 9.91. The molecule has 0 radical (unpaired) electrons. The summed E-state index contributed by atoms with van der Waals surface area (Å²) in [6.45, 7) is 0. The minimum absolute atomic E-state index is 0.376. The Bertz CT molecular complexity index is 756. The van der Waals surface area contributed by atoms with E-state index in [-0.39, 0.29) is 5.97 Å². The molecule has 114 valence electrons. The second kappa shape index (κ2) is 7.13. The molecule has 3 aromatic carbocycles. The molecule has 0 fully saturated rings. The Kier molecular flexibility index (Phi) is 4.55. The van der Waals surface area contributed by atoms with Gasteiger partial charge in [-0.15, -0.1) is 0 Å². The molecule has 0 saturated carbocycles. The van der Waals surface area contributed by atoms with E-state index < -0.39 is 0 Å². The summed E-state index contributed by atoms with van der Waals surface area (Å²) in [6, 6.07) is 25.9. The number of ether oxygens (including phenoxy) is 1. The summed E-state index contributed by atoms with van der Waals surface area (Å²) in [4.78, 5) is 12.0. The predicted molar refractivity (Wildman–Crippen MR) is 91.5 cm³/mol. The maximum atomic E-state index is 12.0. The van der Waals surface area contributed by atoms with Gasteiger partial charge in [-0.05, 0) is 48.5 Å². The second-order valence-electron chi connectivity index (χ2n) is 4.90. The lowest BCUT2D eigenvalue weighted by Crippen LogP contribution is -2.10. The van der Waals surface area contributed by atoms with Crippen LogP contribution >= 0.6 is 0 Å². The van der Waals surface area contributed by atoms with Crippen LogP contribution in [0.1, 0.15) is 10.4 Å². The van der Waals surface area contributed by atoms with Crippen molar-refractivity contribution in [3.63, 3.8) is 0 Å². The molecule has 23 heavy (non-hydrogen) atoms. The van der Waals surface area contributed by atoms with Crippen LogP contribution in [0.4, 0.5) is 11.4 Å². The number of nitrogens with one attached hydrogen (secondary N) is 2. The highest BCUT2D eigenvalue weighted by atomic mass is 16.5. The van der Waals surface area contributed by atoms with Gasteiger partial charge in [-0.1, -0.05) is 36.4 Å². The number of benzene rings is 3. The Morgan fingerprint density at radius 3 is 1.78 bits per heavy atom. The molecule has 3 rings (SSSR count). The van der Waals surface area contributed by atoms with Gasteiger partial charge in [-0.2, -0.15) is 0 Å². The van der Waals surface area contributed by atoms with Crippen LogP contribution in [-0.2, 0) is 0 Å². The number of hydrogen-bond donors (Lipinski definition) is 2. The van der Waals surface area contributed by atoms with E-state index in [4.69, 9.17) is 4.74 Å². The zero-order valence-electron chi connectivity index (χ0n) is 12.4. The fourth-order valence-corrected chi connectivity index (χ4v) is 2.01. The van der Waals surface area contributed by atoms with Gasteiger partial charge in [0.15, 0.2) is 0 Å². The van der Waals surface area contributed by atoms with Gasteiger partial charge in [-0.25, -0.2) is 4.79 Å². The third-order valence-electron chi connectivity index (χ3n) is 3.20. The Balaban J connectivity index is 1.59. The first-order valence-electron chi connectivity index (χ1n) is 7.26. The van der Waals surface area contributed by atoms with Crippen molar-refractivity contribution < 1.29 is 9.53 Å². The highest BCUT2D eigenvalue weighted by molar-refractivity contribution is 5.91. The molecule has 3 aromatic rings. The molecule has 0 aliphatic heterocycles. The molecule has 0 unspecified atom stereocenters. The zero-order chi connectivity index (χ0) is 15.9. The van der Waals surface area contributed by atoms with Crippen molar-refractivity contribution in [2.45, 2.75) is 0 Å². The first-order chi connectivity index (χ1) is 11.3. The molecule has 0 saturated heterocycles. The van der Waals surface area contributed by atoms with E-state index in [1.54, 1.807) is 24.3 Å². The molecule has 4 nitrogen and oxygen atoms in total. The largest absolute Gasteiger partial charge is 0.423 e. The number of carbonyl (C=O) groups excluding carboxylic acids is 1. The highest BCUT2D eigenvalue weighted by Gasteiger charge is 2.08. The van der Waals surface area contributed by atoms with Crippen LogP contribution in [0, 0.1) is 0 Å². The number of para-hydroxylation sites is 2. The Morgan fingerprint density at radius 2 is 1.17 bits per heavy atom. The van der Waals surface area contributed by atoms with E-state index in [0.717, 1.165) is 11.4 Å². The van der Waals surface area contributed by atoms with Crippen LogP contribution in [-0.4, -0.2) is 5.97 Å². The van der Waals surface area contributed by atoms with E-state index in [0.29, 0.717) is 11.3 Å². The van der Waals surface area contributed by atoms with Crippen LogP contribution < -0.4 is 15.6 Å². The lowest BCUT2D eigenvalue weighted by molar-refractivity contribution is 0.0735. The van der Waals surface area contributed by atoms with Gasteiger partial charge in [-0.3, -0.25) is 0 Å². The summed E-state index contributed by atoms with van der Waals surface area (Å²) in [6.07, 6.45) is 0. The average Bonchev–Trinajstić information content (AvgIpc) is 2.62. The second-order valence-corrected chi connectivity index (χ2v) is 4.90. The van der Waals surface area contributed by atoms with Gasteiger partial charge in [0.2, 0.25) is 0 Å². The van der Waals surface area contributed by atoms with Gasteiger partial charge in [0.25, 0.3) is 0 Å². The van der Waals surface area contributed by atoms with Crippen molar-refractivity contribution in [1.82, 2.24) is 0 Å². The number of hydrazine groups is 1. The Morgan fingerprint density at radius 1 is 0.652 bits per heavy atom. The summed E-state index contributed by atoms with van der Waals surface area (Å²) in [5.74, 6) is 0.157. The van der Waals surface area contributed by atoms with Crippen LogP contribution in [0.15, 0.2) is 84.9 Å². The summed E-state index contributed by atoms with van der Waals surface area (Å²) < 4.78 is 5.29. The van der Waals surface area contributed by atoms with Crippen LogP contribution in [0.5, 0.6) is 5.75 Å². The van der Waals surface area contributed by atoms with Crippen LogP contribution in [0.3, 0.4) is 0 Å². The van der Waals surface area contributed by atoms with Crippen molar-refractivity contribution in [3.8, 4) is 5.75 Å². The lowest BCUT2D eigenvalue weighted by atomic mass is 10.2. The predicted octanol–water partition coefficient (Wildman–Crippen LogP) is 4.34. The molecule has 4 heteroatoms. The smallest absolute Gasteiger partial charge is 0.343 e. The molecule has 0 bridgehead atoms. The quantitative estimate of drug-likeness (QED) is 0.418. The number of hydrogen-bond acceptors (Lipinski definition) is 4. The summed E-state index contributed by atoms with van der Waals surface area (Å²) in [7, 11) is 0. The van der Waals surface area contributed by atoms with Crippen LogP contribution in [0.2, 0.25) is 0 Å². The SMILES string of the molecule is O=C(Oc1ccccc1)c1ccc(NNc2ccccc2)cc1. The maximum Gasteiger partial charge on any atom is 0.343 e.